The molecule has 0 aliphatic carbocycles. The molecule has 0 radical (unpaired) electrons. The molecule has 0 aromatic heterocycles. The van der Waals surface area contributed by atoms with Crippen LogP contribution in [-0.4, -0.2) is 44.7 Å². The number of methoxy groups -OCH3 is 1. The predicted octanol–water partition coefficient (Wildman–Crippen LogP) is 2.39. The number of ether oxygens (including phenoxy) is 1. The van der Waals surface area contributed by atoms with E-state index in [1.54, 1.807) is 7.11 Å². The second-order valence-electron chi connectivity index (χ2n) is 4.26. The van der Waals surface area contributed by atoms with Gasteiger partial charge in [-0.05, 0) is 31.7 Å². The van der Waals surface area contributed by atoms with Crippen LogP contribution >= 0.6 is 11.6 Å². The molecule has 0 aliphatic heterocycles. The molecule has 1 rings (SSSR count). The lowest BCUT2D eigenvalue weighted by Gasteiger charge is -2.16. The quantitative estimate of drug-likeness (QED) is 0.783. The van der Waals surface area contributed by atoms with Gasteiger partial charge in [-0.15, -0.1) is 0 Å². The number of amides is 1. The van der Waals surface area contributed by atoms with Crippen LogP contribution in [-0.2, 0) is 9.53 Å². The fourth-order valence-electron chi connectivity index (χ4n) is 1.59. The molecule has 0 saturated carbocycles. The highest BCUT2D eigenvalue weighted by Crippen LogP contribution is 2.19. The number of anilines is 1. The Kier molecular flexibility index (Phi) is 6.77. The lowest BCUT2D eigenvalue weighted by molar-refractivity contribution is -0.117. The van der Waals surface area contributed by atoms with Crippen LogP contribution in [0.3, 0.4) is 0 Å². The van der Waals surface area contributed by atoms with E-state index in [9.17, 15) is 9.18 Å². The lowest BCUT2D eigenvalue weighted by Crippen LogP contribution is -2.31. The zero-order chi connectivity index (χ0) is 14.3. The Bertz CT molecular complexity index is 429. The maximum Gasteiger partial charge on any atom is 0.238 e. The predicted molar refractivity (Wildman–Crippen MR) is 74.0 cm³/mol. The molecule has 0 spiro atoms. The third-order valence-electron chi connectivity index (χ3n) is 2.50. The molecule has 0 atom stereocenters. The van der Waals surface area contributed by atoms with Crippen molar-refractivity contribution in [1.29, 1.82) is 0 Å². The SMILES string of the molecule is COCCCN(C)CC(=O)Nc1cc(Cl)ccc1F. The van der Waals surface area contributed by atoms with Gasteiger partial charge in [0.05, 0.1) is 12.2 Å². The van der Waals surface area contributed by atoms with E-state index in [-0.39, 0.29) is 18.1 Å². The van der Waals surface area contributed by atoms with E-state index in [2.05, 4.69) is 5.32 Å². The number of halogens is 2. The average molecular weight is 289 g/mol. The second-order valence-corrected chi connectivity index (χ2v) is 4.69. The molecular weight excluding hydrogens is 271 g/mol. The van der Waals surface area contributed by atoms with Gasteiger partial charge in [0, 0.05) is 25.3 Å². The highest BCUT2D eigenvalue weighted by Gasteiger charge is 2.10. The number of likely N-dealkylation sites (N-methyl/N-ethyl adjacent to an activating group) is 1. The van der Waals surface area contributed by atoms with Crippen molar-refractivity contribution in [2.45, 2.75) is 6.42 Å². The van der Waals surface area contributed by atoms with Crippen LogP contribution in [0.4, 0.5) is 10.1 Å². The van der Waals surface area contributed by atoms with Gasteiger partial charge in [-0.2, -0.15) is 0 Å². The van der Waals surface area contributed by atoms with Crippen LogP contribution in [0.2, 0.25) is 5.02 Å². The van der Waals surface area contributed by atoms with Crippen molar-refractivity contribution in [2.75, 3.05) is 39.2 Å². The number of rotatable bonds is 7. The van der Waals surface area contributed by atoms with Gasteiger partial charge in [-0.3, -0.25) is 9.69 Å². The standard InChI is InChI=1S/C13H18ClFN2O2/c1-17(6-3-7-19-2)9-13(18)16-12-8-10(14)4-5-11(12)15/h4-5,8H,3,6-7,9H2,1-2H3,(H,16,18). The molecule has 0 aliphatic rings. The van der Waals surface area contributed by atoms with Gasteiger partial charge >= 0.3 is 0 Å². The lowest BCUT2D eigenvalue weighted by atomic mass is 10.3. The van der Waals surface area contributed by atoms with E-state index in [1.807, 2.05) is 11.9 Å². The van der Waals surface area contributed by atoms with Crippen LogP contribution in [0, 0.1) is 5.82 Å². The minimum absolute atomic E-state index is 0.0998. The highest BCUT2D eigenvalue weighted by atomic mass is 35.5. The van der Waals surface area contributed by atoms with E-state index in [0.29, 0.717) is 11.6 Å². The van der Waals surface area contributed by atoms with Crippen molar-refractivity contribution in [3.63, 3.8) is 0 Å². The first-order chi connectivity index (χ1) is 9.02. The van der Waals surface area contributed by atoms with Gasteiger partial charge < -0.3 is 10.1 Å². The first-order valence-corrected chi connectivity index (χ1v) is 6.33. The minimum atomic E-state index is -0.500. The fourth-order valence-corrected chi connectivity index (χ4v) is 1.76. The number of hydrogen-bond acceptors (Lipinski definition) is 3. The van der Waals surface area contributed by atoms with Crippen LogP contribution in [0.1, 0.15) is 6.42 Å². The highest BCUT2D eigenvalue weighted by molar-refractivity contribution is 6.30. The van der Waals surface area contributed by atoms with Crippen molar-refractivity contribution in [3.05, 3.63) is 29.0 Å². The summed E-state index contributed by atoms with van der Waals surface area (Å²) in [6, 6.07) is 4.05. The third-order valence-corrected chi connectivity index (χ3v) is 2.74. The molecule has 0 saturated heterocycles. The van der Waals surface area contributed by atoms with Crippen molar-refractivity contribution in [3.8, 4) is 0 Å². The molecule has 0 bridgehead atoms. The minimum Gasteiger partial charge on any atom is -0.385 e. The molecule has 0 fully saturated rings. The summed E-state index contributed by atoms with van der Waals surface area (Å²) in [4.78, 5) is 13.6. The van der Waals surface area contributed by atoms with Crippen molar-refractivity contribution in [1.82, 2.24) is 4.90 Å². The van der Waals surface area contributed by atoms with E-state index in [1.165, 1.54) is 18.2 Å². The molecule has 0 unspecified atom stereocenters. The Hall–Kier alpha value is -1.17. The molecule has 19 heavy (non-hydrogen) atoms. The van der Waals surface area contributed by atoms with Gasteiger partial charge in [-0.1, -0.05) is 11.6 Å². The molecule has 1 N–H and O–H groups in total. The molecule has 6 heteroatoms. The van der Waals surface area contributed by atoms with Gasteiger partial charge in [0.2, 0.25) is 5.91 Å². The maximum absolute atomic E-state index is 13.4. The number of nitrogens with one attached hydrogen (secondary N) is 1. The molecular formula is C13H18ClFN2O2. The summed E-state index contributed by atoms with van der Waals surface area (Å²) in [6.07, 6.45) is 0.839. The third kappa shape index (κ3) is 6.00. The Balaban J connectivity index is 2.44. The first kappa shape index (κ1) is 15.9. The fraction of sp³-hybridized carbons (Fsp3) is 0.462. The summed E-state index contributed by atoms with van der Waals surface area (Å²) < 4.78 is 18.3. The smallest absolute Gasteiger partial charge is 0.238 e. The van der Waals surface area contributed by atoms with E-state index < -0.39 is 5.82 Å². The summed E-state index contributed by atoms with van der Waals surface area (Å²) >= 11 is 5.75. The number of carbonyl (C=O) groups is 1. The van der Waals surface area contributed by atoms with Crippen LogP contribution in [0.25, 0.3) is 0 Å². The molecule has 106 valence electrons. The van der Waals surface area contributed by atoms with Crippen LogP contribution < -0.4 is 5.32 Å². The Morgan fingerprint density at radius 2 is 2.26 bits per heavy atom. The topological polar surface area (TPSA) is 41.6 Å². The Morgan fingerprint density at radius 3 is 2.95 bits per heavy atom. The average Bonchev–Trinajstić information content (AvgIpc) is 2.34. The molecule has 1 amide bonds. The maximum atomic E-state index is 13.4. The zero-order valence-electron chi connectivity index (χ0n) is 11.1. The summed E-state index contributed by atoms with van der Waals surface area (Å²) in [5.74, 6) is -0.777. The summed E-state index contributed by atoms with van der Waals surface area (Å²) in [7, 11) is 3.46. The molecule has 1 aromatic carbocycles. The van der Waals surface area contributed by atoms with Gasteiger partial charge in [-0.25, -0.2) is 4.39 Å². The second kappa shape index (κ2) is 8.09. The molecule has 1 aromatic rings. The number of hydrogen-bond donors (Lipinski definition) is 1. The monoisotopic (exact) mass is 288 g/mol. The van der Waals surface area contributed by atoms with Crippen LogP contribution in [0.15, 0.2) is 18.2 Å². The molecule has 0 heterocycles. The van der Waals surface area contributed by atoms with E-state index in [0.717, 1.165) is 13.0 Å². The van der Waals surface area contributed by atoms with Gasteiger partial charge in [0.1, 0.15) is 5.82 Å². The molecule has 4 nitrogen and oxygen atoms in total. The Morgan fingerprint density at radius 1 is 1.53 bits per heavy atom. The van der Waals surface area contributed by atoms with Crippen molar-refractivity contribution in [2.24, 2.45) is 0 Å². The normalized spacial score (nSPS) is 10.8. The van der Waals surface area contributed by atoms with E-state index >= 15 is 0 Å². The zero-order valence-corrected chi connectivity index (χ0v) is 11.8. The Labute approximate surface area is 117 Å². The number of nitrogens with zero attached hydrogens (tertiary/aromatic N) is 1. The first-order valence-electron chi connectivity index (χ1n) is 5.95. The summed E-state index contributed by atoms with van der Waals surface area (Å²) in [6.45, 7) is 1.57. The van der Waals surface area contributed by atoms with Crippen molar-refractivity contribution >= 4 is 23.2 Å². The van der Waals surface area contributed by atoms with Crippen molar-refractivity contribution < 1.29 is 13.9 Å². The van der Waals surface area contributed by atoms with Crippen LogP contribution in [0.5, 0.6) is 0 Å². The van der Waals surface area contributed by atoms with Gasteiger partial charge in [0.25, 0.3) is 0 Å². The number of benzene rings is 1. The van der Waals surface area contributed by atoms with E-state index in [4.69, 9.17) is 16.3 Å². The number of carbonyl (C=O) groups excluding carboxylic acids is 1. The summed E-state index contributed by atoms with van der Waals surface area (Å²) in [5.41, 5.74) is 0.0998. The largest absolute Gasteiger partial charge is 0.385 e. The summed E-state index contributed by atoms with van der Waals surface area (Å²) in [5, 5.41) is 2.88. The van der Waals surface area contributed by atoms with Gasteiger partial charge in [0.15, 0.2) is 0 Å².